The summed E-state index contributed by atoms with van der Waals surface area (Å²) in [4.78, 5) is 0. The largest absolute Gasteiger partial charge is 0.414 e. The van der Waals surface area contributed by atoms with E-state index >= 15 is 0 Å². The molecule has 0 aromatic rings. The molecular weight excluding hydrogens is 240 g/mol. The molecule has 0 radical (unpaired) electrons. The molecule has 1 spiro atoms. The van der Waals surface area contributed by atoms with E-state index in [-0.39, 0.29) is 5.60 Å². The van der Waals surface area contributed by atoms with Crippen LogP contribution in [0, 0.1) is 23.2 Å². The van der Waals surface area contributed by atoms with E-state index in [4.69, 9.17) is 9.16 Å². The Morgan fingerprint density at radius 2 is 1.94 bits per heavy atom. The molecule has 4 aliphatic carbocycles. The van der Waals surface area contributed by atoms with Crippen LogP contribution in [0.3, 0.4) is 0 Å². The molecule has 100 valence electrons. The molecule has 0 heterocycles. The number of hydrogen-bond acceptors (Lipinski definition) is 2. The first-order valence-electron chi connectivity index (χ1n) is 7.38. The lowest BCUT2D eigenvalue weighted by Gasteiger charge is -2.31. The Morgan fingerprint density at radius 1 is 1.17 bits per heavy atom. The third-order valence-electron chi connectivity index (χ3n) is 6.01. The molecular formula is C15H24O2Si. The highest BCUT2D eigenvalue weighted by atomic mass is 28.4. The molecule has 0 bridgehead atoms. The van der Waals surface area contributed by atoms with Crippen LogP contribution < -0.4 is 0 Å². The van der Waals surface area contributed by atoms with Gasteiger partial charge in [-0.25, -0.2) is 0 Å². The number of hydrogen-bond donors (Lipinski definition) is 0. The average Bonchev–Trinajstić information content (AvgIpc) is 2.51. The lowest BCUT2D eigenvalue weighted by atomic mass is 9.90. The average molecular weight is 264 g/mol. The maximum atomic E-state index is 6.56. The van der Waals surface area contributed by atoms with E-state index in [0.717, 1.165) is 5.92 Å². The highest BCUT2D eigenvalue weighted by Gasteiger charge is 2.90. The second-order valence-corrected chi connectivity index (χ2v) is 12.1. The van der Waals surface area contributed by atoms with Crippen molar-refractivity contribution in [3.05, 3.63) is 12.2 Å². The summed E-state index contributed by atoms with van der Waals surface area (Å²) in [6.45, 7) is 6.95. The summed E-state index contributed by atoms with van der Waals surface area (Å²) in [5.74, 6) is 2.18. The van der Waals surface area contributed by atoms with Crippen molar-refractivity contribution in [1.29, 1.82) is 0 Å². The summed E-state index contributed by atoms with van der Waals surface area (Å²) in [6.07, 6.45) is 9.29. The standard InChI is InChI=1S/C15H24O2Si/c1-16-15-11-5-7-12(15)14(15)10(9-11)6-8-13(14)17-18(2,3)4/h5,7,10-13H,6,8-9H2,1-4H3/t10?,11?,12?,13-,14?,15?/m1/s1. The molecule has 0 saturated heterocycles. The summed E-state index contributed by atoms with van der Waals surface area (Å²) in [5.41, 5.74) is 0.500. The van der Waals surface area contributed by atoms with Gasteiger partial charge in [-0.15, -0.1) is 0 Å². The molecule has 4 aliphatic rings. The maximum absolute atomic E-state index is 6.56. The zero-order valence-electron chi connectivity index (χ0n) is 11.9. The SMILES string of the molecule is COC12C3C=CC1C21C(CC[C@H]1O[Si](C)(C)C)C3. The van der Waals surface area contributed by atoms with Gasteiger partial charge in [0.05, 0.1) is 11.7 Å². The fraction of sp³-hybridized carbons (Fsp3) is 0.867. The predicted molar refractivity (Wildman–Crippen MR) is 73.9 cm³/mol. The summed E-state index contributed by atoms with van der Waals surface area (Å²) in [5, 5.41) is 0. The first kappa shape index (κ1) is 11.7. The van der Waals surface area contributed by atoms with E-state index in [1.165, 1.54) is 19.3 Å². The fourth-order valence-electron chi connectivity index (χ4n) is 5.82. The van der Waals surface area contributed by atoms with Gasteiger partial charge >= 0.3 is 0 Å². The van der Waals surface area contributed by atoms with Crippen molar-refractivity contribution in [3.8, 4) is 0 Å². The van der Waals surface area contributed by atoms with E-state index in [0.29, 0.717) is 23.4 Å². The van der Waals surface area contributed by atoms with Crippen molar-refractivity contribution < 1.29 is 9.16 Å². The second kappa shape index (κ2) is 3.13. The third-order valence-corrected chi connectivity index (χ3v) is 7.01. The van der Waals surface area contributed by atoms with Gasteiger partial charge in [-0.05, 0) is 44.8 Å². The van der Waals surface area contributed by atoms with Crippen molar-refractivity contribution in [1.82, 2.24) is 0 Å². The van der Waals surface area contributed by atoms with Crippen molar-refractivity contribution in [2.24, 2.45) is 23.2 Å². The van der Waals surface area contributed by atoms with Gasteiger partial charge in [-0.2, -0.15) is 0 Å². The van der Waals surface area contributed by atoms with E-state index < -0.39 is 8.32 Å². The quantitative estimate of drug-likeness (QED) is 0.575. The van der Waals surface area contributed by atoms with Gasteiger partial charge in [-0.3, -0.25) is 0 Å². The topological polar surface area (TPSA) is 18.5 Å². The number of ether oxygens (including phenoxy) is 1. The van der Waals surface area contributed by atoms with Gasteiger partial charge in [0.15, 0.2) is 8.32 Å². The van der Waals surface area contributed by atoms with Crippen LogP contribution in [-0.4, -0.2) is 27.1 Å². The minimum absolute atomic E-state index is 0.137. The first-order valence-corrected chi connectivity index (χ1v) is 10.8. The first-order chi connectivity index (χ1) is 8.47. The molecule has 0 aliphatic heterocycles. The maximum Gasteiger partial charge on any atom is 0.184 e. The molecule has 0 amide bonds. The third kappa shape index (κ3) is 1.01. The fourth-order valence-corrected chi connectivity index (χ4v) is 6.98. The van der Waals surface area contributed by atoms with Crippen LogP contribution in [0.15, 0.2) is 12.2 Å². The van der Waals surface area contributed by atoms with Gasteiger partial charge in [0.25, 0.3) is 0 Å². The zero-order valence-corrected chi connectivity index (χ0v) is 12.9. The predicted octanol–water partition coefficient (Wildman–Crippen LogP) is 3.21. The van der Waals surface area contributed by atoms with E-state index in [2.05, 4.69) is 31.8 Å². The number of rotatable bonds is 3. The monoisotopic (exact) mass is 264 g/mol. The van der Waals surface area contributed by atoms with Gasteiger partial charge in [0.1, 0.15) is 0 Å². The number of methoxy groups -OCH3 is 1. The van der Waals surface area contributed by atoms with Crippen molar-refractivity contribution in [2.75, 3.05) is 7.11 Å². The molecule has 2 nitrogen and oxygen atoms in total. The molecule has 3 fully saturated rings. The Balaban J connectivity index is 1.72. The van der Waals surface area contributed by atoms with Crippen LogP contribution in [0.5, 0.6) is 0 Å². The summed E-state index contributed by atoms with van der Waals surface area (Å²) < 4.78 is 12.6. The lowest BCUT2D eigenvalue weighted by Crippen LogP contribution is -2.39. The minimum Gasteiger partial charge on any atom is -0.414 e. The van der Waals surface area contributed by atoms with Crippen LogP contribution in [0.2, 0.25) is 19.6 Å². The molecule has 18 heavy (non-hydrogen) atoms. The minimum atomic E-state index is -1.46. The Kier molecular flexibility index (Phi) is 2.03. The second-order valence-electron chi connectivity index (χ2n) is 7.63. The van der Waals surface area contributed by atoms with E-state index in [1.54, 1.807) is 0 Å². The van der Waals surface area contributed by atoms with Crippen LogP contribution >= 0.6 is 0 Å². The Bertz CT molecular complexity index is 427. The molecule has 6 atom stereocenters. The molecule has 5 unspecified atom stereocenters. The lowest BCUT2D eigenvalue weighted by molar-refractivity contribution is 0.00100. The summed E-state index contributed by atoms with van der Waals surface area (Å²) in [7, 11) is 0.469. The molecule has 3 saturated carbocycles. The summed E-state index contributed by atoms with van der Waals surface area (Å²) in [6, 6.07) is 0. The Hall–Kier alpha value is -0.123. The van der Waals surface area contributed by atoms with Crippen molar-refractivity contribution >= 4 is 8.32 Å². The Morgan fingerprint density at radius 3 is 2.56 bits per heavy atom. The highest BCUT2D eigenvalue weighted by molar-refractivity contribution is 6.69. The molecule has 0 N–H and O–H groups in total. The smallest absolute Gasteiger partial charge is 0.184 e. The molecule has 4 rings (SSSR count). The van der Waals surface area contributed by atoms with Gasteiger partial charge in [0, 0.05) is 24.4 Å². The van der Waals surface area contributed by atoms with Gasteiger partial charge in [-0.1, -0.05) is 12.2 Å². The molecule has 0 aromatic carbocycles. The van der Waals surface area contributed by atoms with E-state index in [1.807, 2.05) is 7.11 Å². The van der Waals surface area contributed by atoms with Crippen molar-refractivity contribution in [2.45, 2.75) is 50.6 Å². The Labute approximate surface area is 111 Å². The summed E-state index contributed by atoms with van der Waals surface area (Å²) >= 11 is 0. The molecule has 0 aromatic heterocycles. The van der Waals surface area contributed by atoms with Crippen LogP contribution in [0.25, 0.3) is 0 Å². The highest BCUT2D eigenvalue weighted by Crippen LogP contribution is 2.85. The van der Waals surface area contributed by atoms with Gasteiger partial charge in [0.2, 0.25) is 0 Å². The van der Waals surface area contributed by atoms with Crippen LogP contribution in [0.4, 0.5) is 0 Å². The van der Waals surface area contributed by atoms with Crippen LogP contribution in [0.1, 0.15) is 19.3 Å². The normalized spacial score (nSPS) is 55.8. The van der Waals surface area contributed by atoms with Gasteiger partial charge < -0.3 is 9.16 Å². The van der Waals surface area contributed by atoms with Crippen LogP contribution in [-0.2, 0) is 9.16 Å². The molecule has 3 heteroatoms. The van der Waals surface area contributed by atoms with Crippen molar-refractivity contribution in [3.63, 3.8) is 0 Å². The van der Waals surface area contributed by atoms with E-state index in [9.17, 15) is 0 Å². The zero-order chi connectivity index (χ0) is 12.8.